The lowest BCUT2D eigenvalue weighted by Gasteiger charge is -2.09. The van der Waals surface area contributed by atoms with E-state index in [4.69, 9.17) is 21.6 Å². The molecular weight excluding hydrogens is 250 g/mol. The average molecular weight is 260 g/mol. The summed E-state index contributed by atoms with van der Waals surface area (Å²) in [6, 6.07) is 8.87. The maximum atomic E-state index is 8.92. The molecule has 1 heterocycles. The highest BCUT2D eigenvalue weighted by molar-refractivity contribution is 6.30. The summed E-state index contributed by atoms with van der Waals surface area (Å²) in [4.78, 5) is 8.31. The first-order valence-electron chi connectivity index (χ1n) is 5.23. The Bertz CT molecular complexity index is 635. The van der Waals surface area contributed by atoms with Crippen molar-refractivity contribution in [1.82, 2.24) is 9.97 Å². The van der Waals surface area contributed by atoms with Gasteiger partial charge in [-0.15, -0.1) is 0 Å². The highest BCUT2D eigenvalue weighted by Gasteiger charge is 2.10. The van der Waals surface area contributed by atoms with Crippen LogP contribution in [0.3, 0.4) is 0 Å². The Labute approximate surface area is 110 Å². The van der Waals surface area contributed by atoms with Gasteiger partial charge in [0.15, 0.2) is 0 Å². The molecule has 0 radical (unpaired) electrons. The van der Waals surface area contributed by atoms with Gasteiger partial charge in [0.2, 0.25) is 0 Å². The van der Waals surface area contributed by atoms with Crippen molar-refractivity contribution in [2.45, 2.75) is 6.92 Å². The van der Waals surface area contributed by atoms with Gasteiger partial charge in [-0.25, -0.2) is 9.97 Å². The highest BCUT2D eigenvalue weighted by Crippen LogP contribution is 2.31. The van der Waals surface area contributed by atoms with E-state index in [1.165, 1.54) is 0 Å². The van der Waals surface area contributed by atoms with Gasteiger partial charge in [-0.1, -0.05) is 11.6 Å². The number of aromatic nitrogens is 2. The Kier molecular flexibility index (Phi) is 3.45. The molecule has 2 aromatic rings. The summed E-state index contributed by atoms with van der Waals surface area (Å²) >= 11 is 5.97. The molecule has 0 bridgehead atoms. The van der Waals surface area contributed by atoms with E-state index in [1.807, 2.05) is 6.07 Å². The van der Waals surface area contributed by atoms with Crippen LogP contribution in [-0.2, 0) is 0 Å². The van der Waals surface area contributed by atoms with E-state index >= 15 is 0 Å². The molecule has 1 aromatic heterocycles. The summed E-state index contributed by atoms with van der Waals surface area (Å²) in [5, 5.41) is 9.50. The summed E-state index contributed by atoms with van der Waals surface area (Å²) in [6.07, 6.45) is 0. The molecule has 0 aliphatic rings. The van der Waals surface area contributed by atoms with Gasteiger partial charge in [0.05, 0.1) is 12.8 Å². The van der Waals surface area contributed by atoms with Crippen LogP contribution in [0.1, 0.15) is 11.5 Å². The molecule has 0 aliphatic carbocycles. The van der Waals surface area contributed by atoms with E-state index in [1.54, 1.807) is 38.3 Å². The molecular formula is C13H10ClN3O. The topological polar surface area (TPSA) is 58.8 Å². The van der Waals surface area contributed by atoms with Gasteiger partial charge < -0.3 is 4.74 Å². The predicted octanol–water partition coefficient (Wildman–Crippen LogP) is 2.99. The Morgan fingerprint density at radius 2 is 2.06 bits per heavy atom. The molecule has 0 atom stereocenters. The van der Waals surface area contributed by atoms with Gasteiger partial charge in [-0.05, 0) is 25.1 Å². The van der Waals surface area contributed by atoms with Crippen LogP contribution < -0.4 is 4.74 Å². The van der Waals surface area contributed by atoms with E-state index < -0.39 is 0 Å². The summed E-state index contributed by atoms with van der Waals surface area (Å²) in [5.74, 6) is 1.19. The predicted molar refractivity (Wildman–Crippen MR) is 68.5 cm³/mol. The van der Waals surface area contributed by atoms with E-state index in [2.05, 4.69) is 9.97 Å². The maximum Gasteiger partial charge on any atom is 0.144 e. The Morgan fingerprint density at radius 1 is 1.28 bits per heavy atom. The number of rotatable bonds is 2. The molecule has 0 fully saturated rings. The number of halogens is 1. The van der Waals surface area contributed by atoms with Crippen LogP contribution in [0.4, 0.5) is 0 Å². The Morgan fingerprint density at radius 3 is 2.72 bits per heavy atom. The molecule has 2 rings (SSSR count). The number of benzene rings is 1. The quantitative estimate of drug-likeness (QED) is 0.832. The van der Waals surface area contributed by atoms with E-state index in [0.29, 0.717) is 28.0 Å². The number of hydrogen-bond acceptors (Lipinski definition) is 4. The molecule has 0 aliphatic heterocycles. The zero-order valence-corrected chi connectivity index (χ0v) is 10.7. The van der Waals surface area contributed by atoms with Crippen molar-refractivity contribution in [1.29, 1.82) is 5.26 Å². The number of nitrogens with zero attached hydrogens (tertiary/aromatic N) is 3. The van der Waals surface area contributed by atoms with Crippen molar-refractivity contribution < 1.29 is 4.74 Å². The van der Waals surface area contributed by atoms with Crippen molar-refractivity contribution in [3.05, 3.63) is 40.8 Å². The van der Waals surface area contributed by atoms with Crippen molar-refractivity contribution in [2.24, 2.45) is 0 Å². The fourth-order valence-corrected chi connectivity index (χ4v) is 1.82. The van der Waals surface area contributed by atoms with Gasteiger partial charge >= 0.3 is 0 Å². The molecule has 0 saturated carbocycles. The van der Waals surface area contributed by atoms with Crippen LogP contribution in [0.15, 0.2) is 24.3 Å². The second kappa shape index (κ2) is 5.03. The minimum atomic E-state index is 0.319. The lowest BCUT2D eigenvalue weighted by molar-refractivity contribution is 0.416. The van der Waals surface area contributed by atoms with Crippen LogP contribution in [-0.4, -0.2) is 17.1 Å². The molecule has 0 N–H and O–H groups in total. The molecule has 18 heavy (non-hydrogen) atoms. The lowest BCUT2D eigenvalue weighted by atomic mass is 10.1. The average Bonchev–Trinajstić information content (AvgIpc) is 2.38. The standard InChI is InChI=1S/C13H10ClN3O/c1-8-16-10(7-15)6-12(17-8)11-5-9(14)3-4-13(11)18-2/h3-6H,1-2H3. The minimum absolute atomic E-state index is 0.319. The third-order valence-electron chi connectivity index (χ3n) is 2.39. The first-order valence-corrected chi connectivity index (χ1v) is 5.61. The van der Waals surface area contributed by atoms with E-state index in [0.717, 1.165) is 5.56 Å². The van der Waals surface area contributed by atoms with Crippen LogP contribution in [0, 0.1) is 18.3 Å². The van der Waals surface area contributed by atoms with Gasteiger partial charge in [0.25, 0.3) is 0 Å². The Balaban J connectivity index is 2.65. The summed E-state index contributed by atoms with van der Waals surface area (Å²) in [7, 11) is 1.58. The van der Waals surface area contributed by atoms with Crippen LogP contribution in [0.25, 0.3) is 11.3 Å². The summed E-state index contributed by atoms with van der Waals surface area (Å²) in [6.45, 7) is 1.74. The minimum Gasteiger partial charge on any atom is -0.496 e. The largest absolute Gasteiger partial charge is 0.496 e. The second-order valence-corrected chi connectivity index (χ2v) is 4.08. The van der Waals surface area contributed by atoms with Gasteiger partial charge in [0, 0.05) is 16.7 Å². The van der Waals surface area contributed by atoms with E-state index in [-0.39, 0.29) is 0 Å². The molecule has 4 nitrogen and oxygen atoms in total. The van der Waals surface area contributed by atoms with Crippen LogP contribution in [0.2, 0.25) is 5.02 Å². The van der Waals surface area contributed by atoms with E-state index in [9.17, 15) is 0 Å². The van der Waals surface area contributed by atoms with Crippen molar-refractivity contribution in [3.8, 4) is 23.1 Å². The Hall–Kier alpha value is -2.12. The molecule has 0 spiro atoms. The summed E-state index contributed by atoms with van der Waals surface area (Å²) in [5.41, 5.74) is 1.69. The third kappa shape index (κ3) is 2.41. The molecule has 0 amide bonds. The number of hydrogen-bond donors (Lipinski definition) is 0. The SMILES string of the molecule is COc1ccc(Cl)cc1-c1cc(C#N)nc(C)n1. The summed E-state index contributed by atoms with van der Waals surface area (Å²) < 4.78 is 5.27. The first kappa shape index (κ1) is 12.3. The normalized spacial score (nSPS) is 9.89. The maximum absolute atomic E-state index is 8.92. The highest BCUT2D eigenvalue weighted by atomic mass is 35.5. The van der Waals surface area contributed by atoms with Crippen LogP contribution >= 0.6 is 11.6 Å². The number of nitriles is 1. The third-order valence-corrected chi connectivity index (χ3v) is 2.63. The van der Waals surface area contributed by atoms with Gasteiger partial charge in [-0.2, -0.15) is 5.26 Å². The van der Waals surface area contributed by atoms with Crippen LogP contribution in [0.5, 0.6) is 5.75 Å². The number of aryl methyl sites for hydroxylation is 1. The molecule has 0 saturated heterocycles. The van der Waals surface area contributed by atoms with Crippen molar-refractivity contribution >= 4 is 11.6 Å². The first-order chi connectivity index (χ1) is 8.63. The molecule has 5 heteroatoms. The fourth-order valence-electron chi connectivity index (χ4n) is 1.64. The van der Waals surface area contributed by atoms with Gasteiger partial charge in [-0.3, -0.25) is 0 Å². The second-order valence-electron chi connectivity index (χ2n) is 3.64. The molecule has 1 aromatic carbocycles. The molecule has 90 valence electrons. The molecule has 0 unspecified atom stereocenters. The number of ether oxygens (including phenoxy) is 1. The zero-order chi connectivity index (χ0) is 13.1. The smallest absolute Gasteiger partial charge is 0.144 e. The van der Waals surface area contributed by atoms with Gasteiger partial charge in [0.1, 0.15) is 23.3 Å². The zero-order valence-electron chi connectivity index (χ0n) is 9.94. The van der Waals surface area contributed by atoms with Crippen molar-refractivity contribution in [3.63, 3.8) is 0 Å². The van der Waals surface area contributed by atoms with Crippen molar-refractivity contribution in [2.75, 3.05) is 7.11 Å². The number of methoxy groups -OCH3 is 1. The lowest BCUT2D eigenvalue weighted by Crippen LogP contribution is -1.96. The fraction of sp³-hybridized carbons (Fsp3) is 0.154. The monoisotopic (exact) mass is 259 g/mol.